The number of rotatable bonds is 2. The monoisotopic (exact) mass is 323 g/mol. The summed E-state index contributed by atoms with van der Waals surface area (Å²) in [7, 11) is 1.55. The van der Waals surface area contributed by atoms with Crippen molar-refractivity contribution in [3.8, 4) is 17.7 Å². The van der Waals surface area contributed by atoms with Crippen molar-refractivity contribution in [3.63, 3.8) is 0 Å². The molecule has 4 nitrogen and oxygen atoms in total. The fourth-order valence-electron chi connectivity index (χ4n) is 1.97. The standard InChI is InChI=1S/C20H21NO3/c1-20(2,3)24-19(22)21(15-14-16-10-6-5-7-11-16)17-12-8-9-13-18(17)23-4/h5-13H,1-4H3. The number of nitrogens with zero attached hydrogens (tertiary/aromatic N) is 1. The first kappa shape index (κ1) is 17.4. The summed E-state index contributed by atoms with van der Waals surface area (Å²) in [5, 5.41) is 0. The third-order valence-corrected chi connectivity index (χ3v) is 2.99. The number of hydrogen-bond donors (Lipinski definition) is 0. The van der Waals surface area contributed by atoms with Crippen LogP contribution in [0, 0.1) is 12.0 Å². The number of hydrogen-bond acceptors (Lipinski definition) is 3. The zero-order valence-corrected chi connectivity index (χ0v) is 14.4. The Morgan fingerprint density at radius 1 is 1.00 bits per heavy atom. The second-order valence-electron chi connectivity index (χ2n) is 6.09. The van der Waals surface area contributed by atoms with Crippen LogP contribution in [0.25, 0.3) is 0 Å². The van der Waals surface area contributed by atoms with Crippen LogP contribution < -0.4 is 9.64 Å². The first-order valence-electron chi connectivity index (χ1n) is 7.63. The summed E-state index contributed by atoms with van der Waals surface area (Å²) >= 11 is 0. The van der Waals surface area contributed by atoms with Crippen LogP contribution in [-0.4, -0.2) is 18.8 Å². The zero-order chi connectivity index (χ0) is 17.6. The van der Waals surface area contributed by atoms with Gasteiger partial charge in [-0.3, -0.25) is 0 Å². The van der Waals surface area contributed by atoms with Gasteiger partial charge in [0.05, 0.1) is 7.11 Å². The molecule has 4 heteroatoms. The van der Waals surface area contributed by atoms with E-state index >= 15 is 0 Å². The lowest BCUT2D eigenvalue weighted by Gasteiger charge is -2.24. The molecule has 0 radical (unpaired) electrons. The van der Waals surface area contributed by atoms with Gasteiger partial charge < -0.3 is 9.47 Å². The lowest BCUT2D eigenvalue weighted by molar-refractivity contribution is 0.0599. The van der Waals surface area contributed by atoms with E-state index in [0.717, 1.165) is 5.56 Å². The van der Waals surface area contributed by atoms with Gasteiger partial charge in [0.2, 0.25) is 0 Å². The van der Waals surface area contributed by atoms with Crippen LogP contribution in [0.1, 0.15) is 26.3 Å². The molecule has 0 fully saturated rings. The number of carbonyl (C=O) groups is 1. The molecule has 0 saturated carbocycles. The third kappa shape index (κ3) is 4.79. The summed E-state index contributed by atoms with van der Waals surface area (Å²) < 4.78 is 10.8. The summed E-state index contributed by atoms with van der Waals surface area (Å²) in [6.45, 7) is 5.45. The van der Waals surface area contributed by atoms with E-state index in [1.807, 2.05) is 63.2 Å². The molecule has 1 amide bonds. The predicted octanol–water partition coefficient (Wildman–Crippen LogP) is 4.45. The zero-order valence-electron chi connectivity index (χ0n) is 14.4. The third-order valence-electron chi connectivity index (χ3n) is 2.99. The van der Waals surface area contributed by atoms with E-state index in [0.29, 0.717) is 11.4 Å². The Kier molecular flexibility index (Phi) is 5.49. The van der Waals surface area contributed by atoms with Gasteiger partial charge in [0, 0.05) is 11.6 Å². The minimum atomic E-state index is -0.619. The number of methoxy groups -OCH3 is 1. The first-order valence-corrected chi connectivity index (χ1v) is 7.63. The van der Waals surface area contributed by atoms with Crippen LogP contribution in [0.2, 0.25) is 0 Å². The molecular weight excluding hydrogens is 302 g/mol. The first-order chi connectivity index (χ1) is 11.4. The Morgan fingerprint density at radius 2 is 1.62 bits per heavy atom. The van der Waals surface area contributed by atoms with Crippen molar-refractivity contribution in [1.29, 1.82) is 0 Å². The Balaban J connectivity index is 2.42. The molecule has 2 aromatic carbocycles. The number of anilines is 1. The average molecular weight is 323 g/mol. The molecule has 124 valence electrons. The van der Waals surface area contributed by atoms with E-state index in [-0.39, 0.29) is 0 Å². The SMILES string of the molecule is COc1ccccc1N(C#Cc1ccccc1)C(=O)OC(C)(C)C. The van der Waals surface area contributed by atoms with Gasteiger partial charge in [-0.1, -0.05) is 30.3 Å². The maximum atomic E-state index is 12.6. The van der Waals surface area contributed by atoms with Gasteiger partial charge in [-0.15, -0.1) is 0 Å². The van der Waals surface area contributed by atoms with Crippen molar-refractivity contribution < 1.29 is 14.3 Å². The van der Waals surface area contributed by atoms with Crippen molar-refractivity contribution in [2.75, 3.05) is 12.0 Å². The van der Waals surface area contributed by atoms with Crippen molar-refractivity contribution in [2.45, 2.75) is 26.4 Å². The topological polar surface area (TPSA) is 38.8 Å². The number of carbonyl (C=O) groups excluding carboxylic acids is 1. The van der Waals surface area contributed by atoms with E-state index in [1.165, 1.54) is 4.90 Å². The van der Waals surface area contributed by atoms with Gasteiger partial charge in [-0.25, -0.2) is 4.79 Å². The quantitative estimate of drug-likeness (QED) is 0.605. The van der Waals surface area contributed by atoms with Gasteiger partial charge >= 0.3 is 6.09 Å². The number of benzene rings is 2. The summed E-state index contributed by atoms with van der Waals surface area (Å²) in [5.74, 6) is 3.53. The predicted molar refractivity (Wildman–Crippen MR) is 95.0 cm³/mol. The van der Waals surface area contributed by atoms with Gasteiger partial charge in [0.25, 0.3) is 0 Å². The molecule has 0 aromatic heterocycles. The largest absolute Gasteiger partial charge is 0.495 e. The summed E-state index contributed by atoms with van der Waals surface area (Å²) in [6.07, 6.45) is -0.546. The Morgan fingerprint density at radius 3 is 2.25 bits per heavy atom. The number of para-hydroxylation sites is 2. The molecule has 0 spiro atoms. The van der Waals surface area contributed by atoms with Crippen molar-refractivity contribution in [2.24, 2.45) is 0 Å². The molecule has 24 heavy (non-hydrogen) atoms. The summed E-state index contributed by atoms with van der Waals surface area (Å²) in [5.41, 5.74) is 0.727. The Labute approximate surface area is 143 Å². The highest BCUT2D eigenvalue weighted by atomic mass is 16.6. The molecule has 0 aliphatic rings. The Hall–Kier alpha value is -2.93. The molecule has 0 aliphatic heterocycles. The summed E-state index contributed by atoms with van der Waals surface area (Å²) in [6, 6.07) is 19.5. The fourth-order valence-corrected chi connectivity index (χ4v) is 1.97. The number of ether oxygens (including phenoxy) is 2. The second kappa shape index (κ2) is 7.56. The molecule has 0 aliphatic carbocycles. The van der Waals surface area contributed by atoms with Gasteiger partial charge in [-0.2, -0.15) is 4.90 Å². The molecule has 0 bridgehead atoms. The molecule has 0 saturated heterocycles. The van der Waals surface area contributed by atoms with Crippen LogP contribution in [0.3, 0.4) is 0 Å². The van der Waals surface area contributed by atoms with Crippen molar-refractivity contribution in [3.05, 3.63) is 60.2 Å². The number of amides is 1. The maximum absolute atomic E-state index is 12.6. The van der Waals surface area contributed by atoms with E-state index in [1.54, 1.807) is 19.2 Å². The van der Waals surface area contributed by atoms with Gasteiger partial charge in [0.1, 0.15) is 17.0 Å². The van der Waals surface area contributed by atoms with E-state index in [2.05, 4.69) is 12.0 Å². The van der Waals surface area contributed by atoms with E-state index in [9.17, 15) is 4.79 Å². The van der Waals surface area contributed by atoms with Crippen molar-refractivity contribution in [1.82, 2.24) is 0 Å². The lowest BCUT2D eigenvalue weighted by Crippen LogP contribution is -2.34. The highest BCUT2D eigenvalue weighted by molar-refractivity contribution is 5.93. The molecule has 0 atom stereocenters. The summed E-state index contributed by atoms with van der Waals surface area (Å²) in [4.78, 5) is 13.9. The van der Waals surface area contributed by atoms with Gasteiger partial charge in [-0.05, 0) is 51.0 Å². The van der Waals surface area contributed by atoms with Crippen LogP contribution in [0.4, 0.5) is 10.5 Å². The normalized spacial score (nSPS) is 10.3. The molecule has 2 rings (SSSR count). The van der Waals surface area contributed by atoms with Crippen LogP contribution in [0.5, 0.6) is 5.75 Å². The van der Waals surface area contributed by atoms with Crippen LogP contribution in [0.15, 0.2) is 54.6 Å². The minimum absolute atomic E-state index is 0.540. The average Bonchev–Trinajstić information content (AvgIpc) is 2.55. The second-order valence-corrected chi connectivity index (χ2v) is 6.09. The maximum Gasteiger partial charge on any atom is 0.427 e. The smallest absolute Gasteiger partial charge is 0.427 e. The molecule has 0 N–H and O–H groups in total. The van der Waals surface area contributed by atoms with Crippen molar-refractivity contribution >= 4 is 11.8 Å². The highest BCUT2D eigenvalue weighted by Gasteiger charge is 2.24. The van der Waals surface area contributed by atoms with Crippen LogP contribution >= 0.6 is 0 Å². The van der Waals surface area contributed by atoms with E-state index in [4.69, 9.17) is 9.47 Å². The van der Waals surface area contributed by atoms with Gasteiger partial charge in [0.15, 0.2) is 0 Å². The van der Waals surface area contributed by atoms with E-state index < -0.39 is 11.7 Å². The Bertz CT molecular complexity index is 752. The molecule has 0 unspecified atom stereocenters. The fraction of sp³-hybridized carbons (Fsp3) is 0.250. The van der Waals surface area contributed by atoms with Crippen LogP contribution in [-0.2, 0) is 4.74 Å². The lowest BCUT2D eigenvalue weighted by atomic mass is 10.2. The molecule has 2 aromatic rings. The molecule has 0 heterocycles. The molecular formula is C20H21NO3. The minimum Gasteiger partial charge on any atom is -0.495 e. The highest BCUT2D eigenvalue weighted by Crippen LogP contribution is 2.28.